The molecule has 0 radical (unpaired) electrons. The summed E-state index contributed by atoms with van der Waals surface area (Å²) >= 11 is 0. The largest absolute Gasteiger partial charge is 0.377 e. The molecule has 0 aliphatic heterocycles. The zero-order valence-corrected chi connectivity index (χ0v) is 9.50. The number of ether oxygens (including phenoxy) is 1. The van der Waals surface area contributed by atoms with Crippen molar-refractivity contribution >= 4 is 0 Å². The minimum Gasteiger partial charge on any atom is -0.377 e. The highest BCUT2D eigenvalue weighted by molar-refractivity contribution is 4.96. The van der Waals surface area contributed by atoms with E-state index in [0.29, 0.717) is 18.3 Å². The second-order valence-electron chi connectivity index (χ2n) is 4.57. The Morgan fingerprint density at radius 2 is 2.07 bits per heavy atom. The van der Waals surface area contributed by atoms with Gasteiger partial charge in [-0.25, -0.2) is 0 Å². The van der Waals surface area contributed by atoms with Crippen LogP contribution in [0.25, 0.3) is 0 Å². The van der Waals surface area contributed by atoms with Crippen molar-refractivity contribution in [3.05, 3.63) is 11.7 Å². The highest BCUT2D eigenvalue weighted by atomic mass is 16.5. The normalized spacial score (nSPS) is 14.4. The van der Waals surface area contributed by atoms with Crippen LogP contribution in [0.2, 0.25) is 0 Å². The van der Waals surface area contributed by atoms with Crippen LogP contribution in [-0.2, 0) is 11.3 Å². The molecule has 4 nitrogen and oxygen atoms in total. The molecule has 0 aliphatic carbocycles. The fourth-order valence-corrected chi connectivity index (χ4v) is 1.00. The first-order valence-electron chi connectivity index (χ1n) is 4.76. The molecule has 0 N–H and O–H groups in total. The molecule has 1 atom stereocenters. The molecule has 0 fully saturated rings. The molecular formula is C10H18N2O2. The molecule has 1 aromatic rings. The van der Waals surface area contributed by atoms with Gasteiger partial charge in [0.1, 0.15) is 6.61 Å². The van der Waals surface area contributed by atoms with E-state index in [-0.39, 0.29) is 11.3 Å². The second-order valence-corrected chi connectivity index (χ2v) is 4.57. The van der Waals surface area contributed by atoms with Crippen molar-refractivity contribution in [2.75, 3.05) is 7.11 Å². The van der Waals surface area contributed by atoms with Gasteiger partial charge in [-0.3, -0.25) is 0 Å². The van der Waals surface area contributed by atoms with Crippen molar-refractivity contribution in [1.29, 1.82) is 0 Å². The molecule has 0 spiro atoms. The molecule has 0 unspecified atom stereocenters. The number of hydrogen-bond donors (Lipinski definition) is 0. The summed E-state index contributed by atoms with van der Waals surface area (Å²) in [7, 11) is 1.61. The summed E-state index contributed by atoms with van der Waals surface area (Å²) in [6, 6.07) is 0. The first-order valence-corrected chi connectivity index (χ1v) is 4.76. The van der Waals surface area contributed by atoms with Crippen molar-refractivity contribution in [3.63, 3.8) is 0 Å². The molecule has 0 amide bonds. The number of hydrogen-bond acceptors (Lipinski definition) is 4. The van der Waals surface area contributed by atoms with E-state index in [1.807, 2.05) is 0 Å². The average molecular weight is 198 g/mol. The summed E-state index contributed by atoms with van der Waals surface area (Å²) in [5, 5.41) is 3.83. The summed E-state index contributed by atoms with van der Waals surface area (Å²) in [6.07, 6.45) is 0. The van der Waals surface area contributed by atoms with Crippen LogP contribution in [0.3, 0.4) is 0 Å². The maximum Gasteiger partial charge on any atom is 0.230 e. The van der Waals surface area contributed by atoms with Gasteiger partial charge in [-0.15, -0.1) is 0 Å². The Balaban J connectivity index is 2.76. The maximum absolute atomic E-state index is 5.16. The fraction of sp³-hybridized carbons (Fsp3) is 0.800. The Morgan fingerprint density at radius 1 is 1.43 bits per heavy atom. The number of nitrogens with zero attached hydrogens (tertiary/aromatic N) is 2. The van der Waals surface area contributed by atoms with Gasteiger partial charge in [0.05, 0.1) is 0 Å². The Kier molecular flexibility index (Phi) is 3.26. The second kappa shape index (κ2) is 4.09. The molecule has 14 heavy (non-hydrogen) atoms. The van der Waals surface area contributed by atoms with Gasteiger partial charge >= 0.3 is 0 Å². The summed E-state index contributed by atoms with van der Waals surface area (Å²) in [5.41, 5.74) is 0.136. The molecule has 4 heteroatoms. The first kappa shape index (κ1) is 11.2. The van der Waals surface area contributed by atoms with E-state index < -0.39 is 0 Å². The van der Waals surface area contributed by atoms with E-state index in [0.717, 1.165) is 0 Å². The summed E-state index contributed by atoms with van der Waals surface area (Å²) < 4.78 is 10.1. The van der Waals surface area contributed by atoms with Crippen molar-refractivity contribution in [2.45, 2.75) is 40.2 Å². The smallest absolute Gasteiger partial charge is 0.230 e. The third-order valence-electron chi connectivity index (χ3n) is 2.43. The van der Waals surface area contributed by atoms with Crippen LogP contribution >= 0.6 is 0 Å². The maximum atomic E-state index is 5.16. The Morgan fingerprint density at radius 3 is 2.57 bits per heavy atom. The topological polar surface area (TPSA) is 48.2 Å². The molecule has 0 bridgehead atoms. The van der Waals surface area contributed by atoms with Gasteiger partial charge in [-0.05, 0) is 5.41 Å². The zero-order chi connectivity index (χ0) is 10.8. The van der Waals surface area contributed by atoms with Gasteiger partial charge in [0.15, 0.2) is 5.82 Å². The van der Waals surface area contributed by atoms with E-state index in [1.165, 1.54) is 0 Å². The molecule has 0 saturated heterocycles. The lowest BCUT2D eigenvalue weighted by molar-refractivity contribution is 0.174. The lowest BCUT2D eigenvalue weighted by atomic mass is 9.82. The van der Waals surface area contributed by atoms with Crippen LogP contribution in [0, 0.1) is 5.41 Å². The first-order chi connectivity index (χ1) is 6.45. The van der Waals surface area contributed by atoms with E-state index in [9.17, 15) is 0 Å². The number of rotatable bonds is 3. The predicted molar refractivity (Wildman–Crippen MR) is 52.9 cm³/mol. The SMILES string of the molecule is COCc1noc([C@@H](C)C(C)(C)C)n1. The number of methoxy groups -OCH3 is 1. The van der Waals surface area contributed by atoms with Crippen LogP contribution in [0.15, 0.2) is 4.52 Å². The molecule has 1 rings (SSSR count). The van der Waals surface area contributed by atoms with Crippen molar-refractivity contribution < 1.29 is 9.26 Å². The van der Waals surface area contributed by atoms with Gasteiger partial charge in [0, 0.05) is 13.0 Å². The Labute approximate surface area is 84.6 Å². The van der Waals surface area contributed by atoms with Gasteiger partial charge in [0.2, 0.25) is 5.89 Å². The molecule has 1 heterocycles. The van der Waals surface area contributed by atoms with Crippen LogP contribution in [0.4, 0.5) is 0 Å². The van der Waals surface area contributed by atoms with Gasteiger partial charge in [-0.1, -0.05) is 32.9 Å². The van der Waals surface area contributed by atoms with E-state index in [2.05, 4.69) is 37.8 Å². The van der Waals surface area contributed by atoms with Gasteiger partial charge in [0.25, 0.3) is 0 Å². The zero-order valence-electron chi connectivity index (χ0n) is 9.50. The Bertz CT molecular complexity index is 289. The predicted octanol–water partition coefficient (Wildman–Crippen LogP) is 2.37. The van der Waals surface area contributed by atoms with Crippen molar-refractivity contribution in [2.24, 2.45) is 5.41 Å². The molecule has 0 saturated carbocycles. The quantitative estimate of drug-likeness (QED) is 0.748. The fourth-order valence-electron chi connectivity index (χ4n) is 1.00. The third-order valence-corrected chi connectivity index (χ3v) is 2.43. The standard InChI is InChI=1S/C10H18N2O2/c1-7(10(2,3)4)9-11-8(6-13-5)12-14-9/h7H,6H2,1-5H3/t7-/m1/s1. The number of aromatic nitrogens is 2. The van der Waals surface area contributed by atoms with Crippen LogP contribution in [-0.4, -0.2) is 17.3 Å². The third kappa shape index (κ3) is 2.54. The lowest BCUT2D eigenvalue weighted by Crippen LogP contribution is -2.15. The average Bonchev–Trinajstić information content (AvgIpc) is 2.50. The van der Waals surface area contributed by atoms with Crippen LogP contribution in [0.1, 0.15) is 45.3 Å². The minimum atomic E-state index is 0.136. The molecule has 0 aliphatic rings. The van der Waals surface area contributed by atoms with E-state index >= 15 is 0 Å². The van der Waals surface area contributed by atoms with Crippen molar-refractivity contribution in [1.82, 2.24) is 10.1 Å². The summed E-state index contributed by atoms with van der Waals surface area (Å²) in [4.78, 5) is 4.26. The highest BCUT2D eigenvalue weighted by Crippen LogP contribution is 2.33. The highest BCUT2D eigenvalue weighted by Gasteiger charge is 2.26. The minimum absolute atomic E-state index is 0.136. The summed E-state index contributed by atoms with van der Waals surface area (Å²) in [5.74, 6) is 1.55. The molecule has 1 aromatic heterocycles. The monoisotopic (exact) mass is 198 g/mol. The van der Waals surface area contributed by atoms with Crippen molar-refractivity contribution in [3.8, 4) is 0 Å². The van der Waals surface area contributed by atoms with Gasteiger partial charge < -0.3 is 9.26 Å². The molecule has 0 aromatic carbocycles. The summed E-state index contributed by atoms with van der Waals surface area (Å²) in [6.45, 7) is 8.94. The molecular weight excluding hydrogens is 180 g/mol. The lowest BCUT2D eigenvalue weighted by Gasteiger charge is -2.23. The van der Waals surface area contributed by atoms with Crippen LogP contribution < -0.4 is 0 Å². The Hall–Kier alpha value is -0.900. The van der Waals surface area contributed by atoms with Gasteiger partial charge in [-0.2, -0.15) is 4.98 Å². The van der Waals surface area contributed by atoms with E-state index in [4.69, 9.17) is 9.26 Å². The molecule has 80 valence electrons. The van der Waals surface area contributed by atoms with E-state index in [1.54, 1.807) is 7.11 Å². The van der Waals surface area contributed by atoms with Crippen LogP contribution in [0.5, 0.6) is 0 Å².